The first kappa shape index (κ1) is 41.1. The van der Waals surface area contributed by atoms with Gasteiger partial charge in [0.2, 0.25) is 0 Å². The molecule has 0 bridgehead atoms. The summed E-state index contributed by atoms with van der Waals surface area (Å²) in [6.45, 7) is 4.15. The maximum absolute atomic E-state index is 5.44. The van der Waals surface area contributed by atoms with Crippen molar-refractivity contribution < 1.29 is 0 Å². The van der Waals surface area contributed by atoms with E-state index < -0.39 is 0 Å². The number of benzene rings is 8. The Morgan fingerprint density at radius 3 is 1.61 bits per heavy atom. The smallest absolute Gasteiger partial charge is 0.164 e. The molecule has 5 heteroatoms. The Morgan fingerprint density at radius 2 is 0.910 bits per heavy atom. The molecule has 0 N–H and O–H groups in total. The third-order valence-corrected chi connectivity index (χ3v) is 12.4. The summed E-state index contributed by atoms with van der Waals surface area (Å²) in [6.07, 6.45) is 5.28. The summed E-state index contributed by atoms with van der Waals surface area (Å²) in [4.78, 5) is 25.6. The maximum Gasteiger partial charge on any atom is 0.164 e. The van der Waals surface area contributed by atoms with E-state index in [1.807, 2.05) is 67.6 Å². The first-order valence-corrected chi connectivity index (χ1v) is 22.7. The lowest BCUT2D eigenvalue weighted by molar-refractivity contribution is 1.07. The van der Waals surface area contributed by atoms with Crippen molar-refractivity contribution in [2.45, 2.75) is 20.3 Å². The van der Waals surface area contributed by atoms with Crippen molar-refractivity contribution in [1.82, 2.24) is 19.9 Å². The summed E-state index contributed by atoms with van der Waals surface area (Å²) in [5.41, 5.74) is 17.6. The average Bonchev–Trinajstić information content (AvgIpc) is 3.63. The topological polar surface area (TPSA) is 63.9 Å². The van der Waals surface area contributed by atoms with E-state index in [-0.39, 0.29) is 0 Å². The summed E-state index contributed by atoms with van der Waals surface area (Å²) >= 11 is 0. The number of aromatic nitrogens is 4. The second kappa shape index (κ2) is 18.1. The van der Waals surface area contributed by atoms with E-state index in [0.29, 0.717) is 23.9 Å². The predicted molar refractivity (Wildman–Crippen MR) is 277 cm³/mol. The van der Waals surface area contributed by atoms with Crippen molar-refractivity contribution in [2.75, 3.05) is 0 Å². The van der Waals surface area contributed by atoms with Crippen LogP contribution in [0.5, 0.6) is 0 Å². The van der Waals surface area contributed by atoms with Crippen LogP contribution >= 0.6 is 0 Å². The van der Waals surface area contributed by atoms with Crippen LogP contribution in [0.3, 0.4) is 0 Å². The highest BCUT2D eigenvalue weighted by molar-refractivity contribution is 6.08. The van der Waals surface area contributed by atoms with E-state index in [2.05, 4.69) is 171 Å². The van der Waals surface area contributed by atoms with E-state index in [1.54, 1.807) is 0 Å². The fraction of sp³-hybridized carbons (Fsp3) is 0.0484. The van der Waals surface area contributed by atoms with Crippen molar-refractivity contribution in [3.8, 4) is 67.5 Å². The Kier molecular flexibility index (Phi) is 11.1. The number of hydrogen-bond donors (Lipinski definition) is 0. The molecule has 0 radical (unpaired) electrons. The minimum absolute atomic E-state index is 0.607. The van der Waals surface area contributed by atoms with Gasteiger partial charge in [0.05, 0.1) is 11.4 Å². The normalized spacial score (nSPS) is 12.5. The molecule has 67 heavy (non-hydrogen) atoms. The zero-order valence-electron chi connectivity index (χ0n) is 37.3. The standard InChI is InChI=1S/C62H45N5/c1-41-32-36-52(42(2)63-41)55-31-17-30-54(48-26-16-27-51(39-48)62-66-60(45-21-8-4-9-22-45)65-61(67-62)46-23-10-5-11-24-46)59(55)56-29-15-14-28-53(56)49-35-37-57(44-19-6-3-7-20-44)64-58(40-49)50-34-33-43-18-12-13-25-47(43)38-50/h3-36,38-40H,37H2,1-2H3. The van der Waals surface area contributed by atoms with E-state index in [1.165, 1.54) is 10.8 Å². The molecule has 3 heterocycles. The molecule has 2 aromatic heterocycles. The van der Waals surface area contributed by atoms with Crippen molar-refractivity contribution in [3.05, 3.63) is 253 Å². The summed E-state index contributed by atoms with van der Waals surface area (Å²) < 4.78 is 0. The quantitative estimate of drug-likeness (QED) is 0.145. The Morgan fingerprint density at radius 1 is 0.358 bits per heavy atom. The Labute approximate surface area is 391 Å². The van der Waals surface area contributed by atoms with Gasteiger partial charge in [0.25, 0.3) is 0 Å². The summed E-state index contributed by atoms with van der Waals surface area (Å²) in [7, 11) is 0. The number of rotatable bonds is 9. The second-order valence-electron chi connectivity index (χ2n) is 16.9. The highest BCUT2D eigenvalue weighted by Crippen LogP contribution is 2.45. The van der Waals surface area contributed by atoms with E-state index in [4.69, 9.17) is 24.9 Å². The predicted octanol–water partition coefficient (Wildman–Crippen LogP) is 15.4. The summed E-state index contributed by atoms with van der Waals surface area (Å²) in [5.74, 6) is 1.86. The highest BCUT2D eigenvalue weighted by Gasteiger charge is 2.22. The van der Waals surface area contributed by atoms with Crippen LogP contribution in [-0.4, -0.2) is 25.6 Å². The Hall–Kier alpha value is -8.67. The molecule has 1 aliphatic rings. The van der Waals surface area contributed by atoms with Crippen molar-refractivity contribution in [2.24, 2.45) is 4.99 Å². The molecule has 0 atom stereocenters. The molecule has 0 fully saturated rings. The minimum Gasteiger partial charge on any atom is -0.258 e. The van der Waals surface area contributed by atoms with Crippen LogP contribution in [0.2, 0.25) is 0 Å². The van der Waals surface area contributed by atoms with Gasteiger partial charge in [0.1, 0.15) is 0 Å². The molecule has 318 valence electrons. The molecule has 0 unspecified atom stereocenters. The van der Waals surface area contributed by atoms with Crippen LogP contribution in [0.1, 0.15) is 34.5 Å². The molecule has 5 nitrogen and oxygen atoms in total. The molecule has 0 aliphatic carbocycles. The molecule has 0 saturated heterocycles. The zero-order chi connectivity index (χ0) is 45.1. The molecule has 10 aromatic rings. The number of aliphatic imine (C=N–C) groups is 1. The number of allylic oxidation sites excluding steroid dienone is 3. The van der Waals surface area contributed by atoms with Crippen LogP contribution in [0, 0.1) is 13.8 Å². The van der Waals surface area contributed by atoms with E-state index >= 15 is 0 Å². The molecular weight excluding hydrogens is 815 g/mol. The third kappa shape index (κ3) is 8.43. The van der Waals surface area contributed by atoms with Crippen LogP contribution in [0.25, 0.3) is 89.6 Å². The molecule has 1 aliphatic heterocycles. The van der Waals surface area contributed by atoms with Gasteiger partial charge in [0.15, 0.2) is 17.5 Å². The molecule has 0 spiro atoms. The molecule has 0 amide bonds. The van der Waals surface area contributed by atoms with Crippen molar-refractivity contribution in [3.63, 3.8) is 0 Å². The van der Waals surface area contributed by atoms with Crippen LogP contribution < -0.4 is 0 Å². The molecule has 0 saturated carbocycles. The van der Waals surface area contributed by atoms with Gasteiger partial charge in [-0.05, 0) is 93.4 Å². The van der Waals surface area contributed by atoms with Crippen LogP contribution in [-0.2, 0) is 0 Å². The van der Waals surface area contributed by atoms with Gasteiger partial charge in [-0.25, -0.2) is 15.0 Å². The first-order chi connectivity index (χ1) is 33.0. The van der Waals surface area contributed by atoms with Gasteiger partial charge in [-0.2, -0.15) is 0 Å². The minimum atomic E-state index is 0.607. The second-order valence-corrected chi connectivity index (χ2v) is 16.9. The van der Waals surface area contributed by atoms with Gasteiger partial charge < -0.3 is 0 Å². The first-order valence-electron chi connectivity index (χ1n) is 22.7. The summed E-state index contributed by atoms with van der Waals surface area (Å²) in [6, 6.07) is 74.3. The monoisotopic (exact) mass is 859 g/mol. The van der Waals surface area contributed by atoms with Gasteiger partial charge in [-0.1, -0.05) is 200 Å². The number of fused-ring (bicyclic) bond motifs is 1. The van der Waals surface area contributed by atoms with Crippen molar-refractivity contribution in [1.29, 1.82) is 0 Å². The number of hydrogen-bond acceptors (Lipinski definition) is 5. The summed E-state index contributed by atoms with van der Waals surface area (Å²) in [5, 5.41) is 2.38. The lowest BCUT2D eigenvalue weighted by Gasteiger charge is -2.21. The fourth-order valence-corrected chi connectivity index (χ4v) is 9.13. The number of aryl methyl sites for hydroxylation is 2. The van der Waals surface area contributed by atoms with E-state index in [9.17, 15) is 0 Å². The Bertz CT molecular complexity index is 3500. The van der Waals surface area contributed by atoms with Gasteiger partial charge in [-0.3, -0.25) is 9.98 Å². The largest absolute Gasteiger partial charge is 0.258 e. The average molecular weight is 860 g/mol. The molecule has 11 rings (SSSR count). The SMILES string of the molecule is Cc1ccc(-c2cccc(-c3cccc(-c4nc(-c5ccccc5)nc(-c5ccccc5)n4)c3)c2-c2ccccc2C2=CCC(c3ccccc3)=NC(c3ccc4ccccc4c3)=C2)c(C)n1. The van der Waals surface area contributed by atoms with Crippen LogP contribution in [0.15, 0.2) is 229 Å². The van der Waals surface area contributed by atoms with Gasteiger partial charge in [-0.15, -0.1) is 0 Å². The number of nitrogens with zero attached hydrogens (tertiary/aromatic N) is 5. The van der Waals surface area contributed by atoms with Gasteiger partial charge in [0, 0.05) is 45.6 Å². The zero-order valence-corrected chi connectivity index (χ0v) is 37.3. The van der Waals surface area contributed by atoms with E-state index in [0.717, 1.165) is 95.1 Å². The van der Waals surface area contributed by atoms with Gasteiger partial charge >= 0.3 is 0 Å². The third-order valence-electron chi connectivity index (χ3n) is 12.4. The molecule has 8 aromatic carbocycles. The lowest BCUT2D eigenvalue weighted by Crippen LogP contribution is -2.00. The van der Waals surface area contributed by atoms with Crippen molar-refractivity contribution >= 4 is 27.8 Å². The number of pyridine rings is 1. The molecular formula is C62H45N5. The highest BCUT2D eigenvalue weighted by atomic mass is 15.0. The Balaban J connectivity index is 1.10. The fourth-order valence-electron chi connectivity index (χ4n) is 9.13. The van der Waals surface area contributed by atoms with Crippen LogP contribution in [0.4, 0.5) is 0 Å². The lowest BCUT2D eigenvalue weighted by atomic mass is 9.83. The maximum atomic E-state index is 5.44.